The van der Waals surface area contributed by atoms with Gasteiger partial charge in [-0.25, -0.2) is 38.7 Å². The third kappa shape index (κ3) is 38.2. The number of nitrogens with one attached hydrogen (secondary N) is 3. The largest absolute Gasteiger partial charge is 1.00 e. The van der Waals surface area contributed by atoms with E-state index in [2.05, 4.69) is 59.7 Å². The number of Topliss-reactive ketones (excluding diaryl/α,β-unsaturated/α-hetero) is 1. The fraction of sp³-hybridized carbons (Fsp3) is 0.321. The molecule has 0 spiro atoms. The molecule has 1 amide bonds. The number of hydrogen-bond donors (Lipinski definition) is 3. The van der Waals surface area contributed by atoms with Crippen molar-refractivity contribution in [2.45, 2.75) is 75.1 Å². The summed E-state index contributed by atoms with van der Waals surface area (Å²) in [4.78, 5) is 54.8. The number of anilines is 6. The second-order valence-corrected chi connectivity index (χ2v) is 27.0. The monoisotopic (exact) mass is 1500 g/mol. The van der Waals surface area contributed by atoms with Gasteiger partial charge in [-0.3, -0.25) is 9.59 Å². The van der Waals surface area contributed by atoms with Gasteiger partial charge in [-0.1, -0.05) is 92.7 Å². The van der Waals surface area contributed by atoms with Crippen LogP contribution in [0.3, 0.4) is 0 Å². The molecule has 6 rings (SSSR count). The Kier molecular flexibility index (Phi) is 46.0. The van der Waals surface area contributed by atoms with Crippen LogP contribution in [-0.2, 0) is 84.1 Å². The van der Waals surface area contributed by atoms with E-state index < -0.39 is 99.8 Å². The smallest absolute Gasteiger partial charge is 0.748 e. The number of nitrogens with zero attached hydrogens (tertiary/aromatic N) is 8. The first-order valence-corrected chi connectivity index (χ1v) is 34.0. The number of ketones is 1. The minimum absolute atomic E-state index is 0. The van der Waals surface area contributed by atoms with E-state index >= 15 is 0 Å². The third-order valence-electron chi connectivity index (χ3n) is 11.9. The van der Waals surface area contributed by atoms with Crippen LogP contribution < -0.4 is 203 Å². The van der Waals surface area contributed by atoms with E-state index in [1.54, 1.807) is 35.2 Å². The SMILES string of the molecule is O=S(=O)=O.O=S(=O)=O.[CH2-]CN(CCC(=O)CC(C)(C)CS(=O)(=O)[O-])c1nc(Cc2ccccc2)nc(Cc2ccc(/C=C/c3ccc(Nc4nc(Nc5ccccc5)nc(N(C[CH2-])CCC(=O)NC(C)(C)CS(=O)(=O)[O-])n4)cc3S(=O)(=O)[O-])c(S(=O)(=O)[O-])c2)n1.[Na+].[Na+].[Na+].[Na+].[Na+].[Na+]. The van der Waals surface area contributed by atoms with E-state index in [1.807, 2.05) is 30.3 Å². The van der Waals surface area contributed by atoms with Crippen LogP contribution in [0.25, 0.3) is 12.2 Å². The van der Waals surface area contributed by atoms with Crippen LogP contribution in [0.15, 0.2) is 107 Å². The first-order chi connectivity index (χ1) is 41.7. The zero-order valence-corrected chi connectivity index (χ0v) is 71.2. The quantitative estimate of drug-likeness (QED) is 0.0170. The maximum atomic E-state index is 13.0. The Morgan fingerprint density at radius 3 is 1.40 bits per heavy atom. The molecule has 96 heavy (non-hydrogen) atoms. The van der Waals surface area contributed by atoms with Gasteiger partial charge in [0.2, 0.25) is 29.7 Å². The van der Waals surface area contributed by atoms with E-state index in [4.69, 9.17) is 25.3 Å². The average Bonchev–Trinajstić information content (AvgIpc) is 0.808. The van der Waals surface area contributed by atoms with Gasteiger partial charge in [-0.15, -0.1) is 38.3 Å². The summed E-state index contributed by atoms with van der Waals surface area (Å²) in [6, 6.07) is 25.5. The van der Waals surface area contributed by atoms with Crippen molar-refractivity contribution in [3.8, 4) is 0 Å². The molecule has 0 saturated carbocycles. The summed E-state index contributed by atoms with van der Waals surface area (Å²) in [5.74, 6) is -2.08. The predicted molar refractivity (Wildman–Crippen MR) is 321 cm³/mol. The van der Waals surface area contributed by atoms with E-state index in [9.17, 15) is 61.5 Å². The number of carbonyl (C=O) groups is 2. The Balaban J connectivity index is -0.00000584. The number of benzene rings is 4. The fourth-order valence-electron chi connectivity index (χ4n) is 8.49. The van der Waals surface area contributed by atoms with Crippen LogP contribution in [0.2, 0.25) is 0 Å². The average molecular weight is 1500 g/mol. The molecule has 0 atom stereocenters. The Bertz CT molecular complexity index is 4020. The molecule has 31 nitrogen and oxygen atoms in total. The molecular weight excluding hydrogens is 1440 g/mol. The van der Waals surface area contributed by atoms with E-state index in [-0.39, 0.29) is 293 Å². The molecule has 0 aliphatic rings. The van der Waals surface area contributed by atoms with Crippen LogP contribution in [-0.4, -0.2) is 162 Å². The van der Waals surface area contributed by atoms with Gasteiger partial charge < -0.3 is 57.8 Å². The number of hydrogen-bond acceptors (Lipinski definition) is 30. The number of para-hydroxylation sites is 1. The summed E-state index contributed by atoms with van der Waals surface area (Å²) in [6.45, 7) is 13.7. The molecule has 0 unspecified atom stereocenters. The Morgan fingerprint density at radius 2 is 0.938 bits per heavy atom. The van der Waals surface area contributed by atoms with Crippen molar-refractivity contribution >= 4 is 121 Å². The van der Waals surface area contributed by atoms with Crippen molar-refractivity contribution in [3.63, 3.8) is 0 Å². The standard InChI is InChI=1S/C53H63N11O14S4.6Na.2O3S/c1-7-63(27-25-42(65)33-52(3,4)34-79(67,68)69)50-57-45(30-36-15-11-9-12-16-36)56-46(58-50)31-37-19-20-38(43(29-37)81(73,74)75)21-22-39-23-24-41(32-44(39)82(76,77)78)55-49-59-48(54-40-17-13-10-14-18-40)60-51(61-49)64(8-2)28-26-47(66)62-53(5,6)35-80(70,71)72;;;;;;;2*1-4(2)3/h9-24,29,32H,1-2,7-8,25-28,30-31,33-35H2,3-6H3,(H,62,66)(H,67,68,69)(H,70,71,72)(H,73,74,75)(H,76,77,78)(H2,54,55,59,60,61);;;;;;;;/q-2;6*+1;;/p-4/b22-21+;;;;;;;;. The molecule has 2 heterocycles. The van der Waals surface area contributed by atoms with Crippen LogP contribution in [0.1, 0.15) is 80.9 Å². The minimum Gasteiger partial charge on any atom is -0.748 e. The molecule has 488 valence electrons. The Hall–Kier alpha value is -2.14. The molecule has 0 aliphatic carbocycles. The third-order valence-corrected chi connectivity index (χ3v) is 15.9. The Morgan fingerprint density at radius 1 is 0.521 bits per heavy atom. The summed E-state index contributed by atoms with van der Waals surface area (Å²) in [7, 11) is -26.0. The van der Waals surface area contributed by atoms with Crippen molar-refractivity contribution in [2.75, 3.05) is 58.1 Å². The first-order valence-electron chi connectivity index (χ1n) is 26.0. The van der Waals surface area contributed by atoms with Gasteiger partial charge in [0.15, 0.2) is 0 Å². The normalized spacial score (nSPS) is 11.2. The first kappa shape index (κ1) is 98.0. The van der Waals surface area contributed by atoms with Crippen LogP contribution in [0, 0.1) is 19.3 Å². The minimum atomic E-state index is -5.27. The molecule has 0 aliphatic heterocycles. The van der Waals surface area contributed by atoms with E-state index in [0.29, 0.717) is 11.5 Å². The second-order valence-electron chi connectivity index (χ2n) is 20.7. The predicted octanol–water partition coefficient (Wildman–Crippen LogP) is -15.2. The Labute approximate surface area is 693 Å². The van der Waals surface area contributed by atoms with Gasteiger partial charge in [0.05, 0.1) is 35.8 Å². The van der Waals surface area contributed by atoms with E-state index in [1.165, 1.54) is 56.9 Å². The molecule has 3 N–H and O–H groups in total. The molecule has 0 saturated heterocycles. The van der Waals surface area contributed by atoms with Gasteiger partial charge in [-0.2, -0.15) is 24.9 Å². The molecule has 0 radical (unpaired) electrons. The molecular formula is C53H59N11Na6O20S6. The topological polar surface area (TPSA) is 485 Å². The number of carbonyl (C=O) groups excluding carboxylic acids is 2. The number of amides is 1. The molecule has 0 fully saturated rings. The summed E-state index contributed by atoms with van der Waals surface area (Å²) in [6.07, 6.45) is 1.94. The van der Waals surface area contributed by atoms with Gasteiger partial charge >= 0.3 is 199 Å². The van der Waals surface area contributed by atoms with Gasteiger partial charge in [0.1, 0.15) is 37.7 Å². The summed E-state index contributed by atoms with van der Waals surface area (Å²) in [5.41, 5.74) is -1.18. The molecule has 0 bridgehead atoms. The van der Waals surface area contributed by atoms with Gasteiger partial charge in [0.25, 0.3) is 0 Å². The van der Waals surface area contributed by atoms with Crippen molar-refractivity contribution in [1.29, 1.82) is 0 Å². The van der Waals surface area contributed by atoms with Crippen molar-refractivity contribution in [1.82, 2.24) is 35.2 Å². The number of aromatic nitrogens is 6. The summed E-state index contributed by atoms with van der Waals surface area (Å²) in [5, 5.41) is 8.42. The summed E-state index contributed by atoms with van der Waals surface area (Å²) >= 11 is 0. The van der Waals surface area contributed by atoms with Gasteiger partial charge in [0, 0.05) is 67.9 Å². The summed E-state index contributed by atoms with van der Waals surface area (Å²) < 4.78 is 196. The van der Waals surface area contributed by atoms with Crippen molar-refractivity contribution < 1.29 is 264 Å². The van der Waals surface area contributed by atoms with Crippen LogP contribution >= 0.6 is 0 Å². The maximum absolute atomic E-state index is 13.0. The zero-order valence-electron chi connectivity index (χ0n) is 54.3. The second kappa shape index (κ2) is 45.1. The van der Waals surface area contributed by atoms with Crippen molar-refractivity contribution in [3.05, 3.63) is 145 Å². The van der Waals surface area contributed by atoms with Crippen LogP contribution in [0.4, 0.5) is 35.2 Å². The van der Waals surface area contributed by atoms with Gasteiger partial charge in [-0.05, 0) is 71.8 Å². The van der Waals surface area contributed by atoms with Crippen LogP contribution in [0.5, 0.6) is 0 Å². The fourth-order valence-corrected chi connectivity index (χ4v) is 11.9. The number of rotatable bonds is 29. The molecule has 4 aromatic carbocycles. The van der Waals surface area contributed by atoms with Crippen molar-refractivity contribution in [2.24, 2.45) is 5.41 Å². The molecule has 6 aromatic rings. The zero-order chi connectivity index (χ0) is 67.4. The maximum Gasteiger partial charge on any atom is 1.00 e. The molecule has 43 heteroatoms. The van der Waals surface area contributed by atoms with E-state index in [0.717, 1.165) is 29.8 Å². The molecule has 2 aromatic heterocycles.